The van der Waals surface area contributed by atoms with Crippen molar-refractivity contribution in [1.82, 2.24) is 4.90 Å². The van der Waals surface area contributed by atoms with E-state index < -0.39 is 17.5 Å². The molecular formula is C23H25NO4. The number of allylic oxidation sites excluding steroid dienone is 1. The van der Waals surface area contributed by atoms with Gasteiger partial charge in [0.2, 0.25) is 11.6 Å². The average Bonchev–Trinajstić information content (AvgIpc) is 2.69. The fourth-order valence-electron chi connectivity index (χ4n) is 2.89. The van der Waals surface area contributed by atoms with Crippen LogP contribution in [0.2, 0.25) is 0 Å². The minimum absolute atomic E-state index is 0.0849. The van der Waals surface area contributed by atoms with E-state index in [0.717, 1.165) is 24.8 Å². The van der Waals surface area contributed by atoms with E-state index in [0.29, 0.717) is 5.56 Å². The van der Waals surface area contributed by atoms with Gasteiger partial charge < -0.3 is 10.0 Å². The number of aromatic carboxylic acids is 1. The molecule has 2 aromatic rings. The lowest BCUT2D eigenvalue weighted by Gasteiger charge is -2.12. The zero-order valence-electron chi connectivity index (χ0n) is 16.4. The van der Waals surface area contributed by atoms with Crippen molar-refractivity contribution in [3.8, 4) is 0 Å². The molecule has 0 radical (unpaired) electrons. The van der Waals surface area contributed by atoms with Crippen LogP contribution < -0.4 is 0 Å². The molecule has 28 heavy (non-hydrogen) atoms. The third-order valence-electron chi connectivity index (χ3n) is 4.30. The number of hydrogen-bond acceptors (Lipinski definition) is 4. The molecule has 1 N–H and O–H groups in total. The van der Waals surface area contributed by atoms with Gasteiger partial charge in [-0.05, 0) is 36.1 Å². The molecule has 146 valence electrons. The number of carboxylic acids is 1. The maximum absolute atomic E-state index is 13.0. The van der Waals surface area contributed by atoms with Gasteiger partial charge in [0, 0.05) is 31.4 Å². The molecule has 0 fully saturated rings. The van der Waals surface area contributed by atoms with Gasteiger partial charge in [0.15, 0.2) is 0 Å². The number of aryl methyl sites for hydroxylation is 1. The Kier molecular flexibility index (Phi) is 7.27. The highest BCUT2D eigenvalue weighted by Crippen LogP contribution is 2.21. The second kappa shape index (κ2) is 9.65. The van der Waals surface area contributed by atoms with Crippen LogP contribution in [0, 0.1) is 0 Å². The van der Waals surface area contributed by atoms with Crippen molar-refractivity contribution in [1.29, 1.82) is 0 Å². The number of unbranched alkanes of at least 4 members (excludes halogenated alkanes) is 1. The standard InChI is InChI=1S/C23H25NO4/c1-4-5-9-16-12-13-18(19(14-16)23(27)28)21(25)22(26)20(15-24(2)3)17-10-7-6-8-11-17/h6-8,10-15H,4-5,9H2,1-3H3,(H,27,28). The molecule has 0 aliphatic rings. The van der Waals surface area contributed by atoms with E-state index in [1.54, 1.807) is 55.5 Å². The summed E-state index contributed by atoms with van der Waals surface area (Å²) in [6.07, 6.45) is 4.22. The van der Waals surface area contributed by atoms with E-state index >= 15 is 0 Å². The number of carbonyl (C=O) groups is 3. The molecule has 0 aliphatic carbocycles. The lowest BCUT2D eigenvalue weighted by Crippen LogP contribution is -2.21. The quantitative estimate of drug-likeness (QED) is 0.404. The monoisotopic (exact) mass is 379 g/mol. The lowest BCUT2D eigenvalue weighted by molar-refractivity contribution is -0.110. The Hall–Kier alpha value is -3.21. The molecule has 0 amide bonds. The van der Waals surface area contributed by atoms with E-state index in [1.165, 1.54) is 12.1 Å². The summed E-state index contributed by atoms with van der Waals surface area (Å²) in [5.74, 6) is -2.77. The highest BCUT2D eigenvalue weighted by Gasteiger charge is 2.26. The van der Waals surface area contributed by atoms with Crippen LogP contribution in [-0.2, 0) is 11.2 Å². The molecule has 0 aliphatic heterocycles. The fraction of sp³-hybridized carbons (Fsp3) is 0.261. The predicted octanol–water partition coefficient (Wildman–Crippen LogP) is 4.08. The van der Waals surface area contributed by atoms with Gasteiger partial charge >= 0.3 is 5.97 Å². The zero-order chi connectivity index (χ0) is 20.7. The van der Waals surface area contributed by atoms with Gasteiger partial charge in [0.05, 0.1) is 5.56 Å². The van der Waals surface area contributed by atoms with Crippen molar-refractivity contribution in [2.75, 3.05) is 14.1 Å². The first-order chi connectivity index (χ1) is 13.3. The van der Waals surface area contributed by atoms with E-state index in [-0.39, 0.29) is 16.7 Å². The molecule has 0 saturated carbocycles. The van der Waals surface area contributed by atoms with Crippen LogP contribution in [0.3, 0.4) is 0 Å². The third kappa shape index (κ3) is 5.16. The molecule has 2 rings (SSSR count). The number of carboxylic acid groups (broad SMARTS) is 1. The van der Waals surface area contributed by atoms with E-state index in [2.05, 4.69) is 6.92 Å². The van der Waals surface area contributed by atoms with Crippen LogP contribution in [0.1, 0.15) is 51.6 Å². The van der Waals surface area contributed by atoms with Gasteiger partial charge in [-0.25, -0.2) is 4.79 Å². The first-order valence-electron chi connectivity index (χ1n) is 9.24. The van der Waals surface area contributed by atoms with Gasteiger partial charge in [0.1, 0.15) is 0 Å². The maximum atomic E-state index is 13.0. The number of rotatable bonds is 9. The van der Waals surface area contributed by atoms with Crippen LogP contribution in [0.4, 0.5) is 0 Å². The van der Waals surface area contributed by atoms with Crippen LogP contribution in [0.25, 0.3) is 5.57 Å². The summed E-state index contributed by atoms with van der Waals surface area (Å²) in [4.78, 5) is 39.3. The molecule has 0 spiro atoms. The third-order valence-corrected chi connectivity index (χ3v) is 4.30. The fourth-order valence-corrected chi connectivity index (χ4v) is 2.89. The summed E-state index contributed by atoms with van der Waals surface area (Å²) >= 11 is 0. The lowest BCUT2D eigenvalue weighted by atomic mass is 9.92. The van der Waals surface area contributed by atoms with Gasteiger partial charge in [-0.15, -0.1) is 0 Å². The topological polar surface area (TPSA) is 74.7 Å². The van der Waals surface area contributed by atoms with Crippen molar-refractivity contribution >= 4 is 23.1 Å². The first-order valence-corrected chi connectivity index (χ1v) is 9.24. The summed E-state index contributed by atoms with van der Waals surface area (Å²) < 4.78 is 0. The molecule has 5 nitrogen and oxygen atoms in total. The number of Topliss-reactive ketones (excluding diaryl/α,β-unsaturated/α-hetero) is 2. The van der Waals surface area contributed by atoms with Gasteiger partial charge in [-0.2, -0.15) is 0 Å². The Morgan fingerprint density at radius 1 is 1.00 bits per heavy atom. The maximum Gasteiger partial charge on any atom is 0.336 e. The molecule has 5 heteroatoms. The van der Waals surface area contributed by atoms with E-state index in [1.807, 2.05) is 6.07 Å². The Balaban J connectivity index is 2.45. The summed E-state index contributed by atoms with van der Waals surface area (Å²) in [5, 5.41) is 9.56. The predicted molar refractivity (Wildman–Crippen MR) is 109 cm³/mol. The van der Waals surface area contributed by atoms with E-state index in [9.17, 15) is 19.5 Å². The summed E-state index contributed by atoms with van der Waals surface area (Å²) in [6, 6.07) is 13.5. The van der Waals surface area contributed by atoms with Gasteiger partial charge in [-0.1, -0.05) is 49.7 Å². The number of ketones is 2. The number of hydrogen-bond donors (Lipinski definition) is 1. The highest BCUT2D eigenvalue weighted by atomic mass is 16.4. The molecule has 0 heterocycles. The number of carbonyl (C=O) groups excluding carboxylic acids is 2. The number of nitrogens with zero attached hydrogens (tertiary/aromatic N) is 1. The largest absolute Gasteiger partial charge is 0.478 e. The van der Waals surface area contributed by atoms with Crippen LogP contribution in [0.5, 0.6) is 0 Å². The van der Waals surface area contributed by atoms with Gasteiger partial charge in [-0.3, -0.25) is 9.59 Å². The molecule has 0 unspecified atom stereocenters. The highest BCUT2D eigenvalue weighted by molar-refractivity contribution is 6.58. The van der Waals surface area contributed by atoms with Crippen molar-refractivity contribution < 1.29 is 19.5 Å². The Morgan fingerprint density at radius 3 is 2.25 bits per heavy atom. The molecule has 2 aromatic carbocycles. The summed E-state index contributed by atoms with van der Waals surface area (Å²) in [5.41, 5.74) is 1.45. The molecular weight excluding hydrogens is 354 g/mol. The van der Waals surface area contributed by atoms with Crippen LogP contribution in [-0.4, -0.2) is 41.6 Å². The summed E-state index contributed by atoms with van der Waals surface area (Å²) in [6.45, 7) is 2.05. The molecule has 0 atom stereocenters. The van der Waals surface area contributed by atoms with Crippen LogP contribution >= 0.6 is 0 Å². The second-order valence-corrected chi connectivity index (χ2v) is 6.82. The van der Waals surface area contributed by atoms with Crippen molar-refractivity contribution in [3.63, 3.8) is 0 Å². The minimum atomic E-state index is -1.22. The van der Waals surface area contributed by atoms with Crippen LogP contribution in [0.15, 0.2) is 54.7 Å². The Morgan fingerprint density at radius 2 is 1.68 bits per heavy atom. The number of benzene rings is 2. The smallest absolute Gasteiger partial charge is 0.336 e. The van der Waals surface area contributed by atoms with Crippen molar-refractivity contribution in [3.05, 3.63) is 77.0 Å². The first kappa shape index (κ1) is 21.1. The van der Waals surface area contributed by atoms with E-state index in [4.69, 9.17) is 0 Å². The molecule has 0 aromatic heterocycles. The Bertz CT molecular complexity index is 898. The zero-order valence-corrected chi connectivity index (χ0v) is 16.4. The van der Waals surface area contributed by atoms with Gasteiger partial charge in [0.25, 0.3) is 0 Å². The normalized spacial score (nSPS) is 11.2. The molecule has 0 bridgehead atoms. The van der Waals surface area contributed by atoms with Crippen molar-refractivity contribution in [2.24, 2.45) is 0 Å². The summed E-state index contributed by atoms with van der Waals surface area (Å²) in [7, 11) is 3.51. The van der Waals surface area contributed by atoms with Crippen molar-refractivity contribution in [2.45, 2.75) is 26.2 Å². The average molecular weight is 379 g/mol. The Labute approximate surface area is 165 Å². The second-order valence-electron chi connectivity index (χ2n) is 6.82. The SMILES string of the molecule is CCCCc1ccc(C(=O)C(=O)C(=CN(C)C)c2ccccc2)c(C(=O)O)c1. The minimum Gasteiger partial charge on any atom is -0.478 e. The molecule has 0 saturated heterocycles.